The predicted octanol–water partition coefficient (Wildman–Crippen LogP) is 4.16. The Morgan fingerprint density at radius 2 is 2.00 bits per heavy atom. The first-order valence-corrected chi connectivity index (χ1v) is 9.11. The fraction of sp³-hybridized carbons (Fsp3) is 0.125. The minimum atomic E-state index is -0.417. The topological polar surface area (TPSA) is 73.6 Å². The molecule has 132 valence electrons. The van der Waals surface area contributed by atoms with Crippen molar-refractivity contribution in [2.45, 2.75) is 6.61 Å². The van der Waals surface area contributed by atoms with E-state index in [0.717, 1.165) is 5.56 Å². The molecule has 1 amide bonds. The Kier molecular flexibility index (Phi) is 7.12. The van der Waals surface area contributed by atoms with Crippen LogP contribution >= 0.6 is 58.0 Å². The third kappa shape index (κ3) is 5.34. The van der Waals surface area contributed by atoms with Crippen LogP contribution in [0.25, 0.3) is 0 Å². The van der Waals surface area contributed by atoms with Crippen LogP contribution < -0.4 is 20.5 Å². The summed E-state index contributed by atoms with van der Waals surface area (Å²) in [6.07, 6.45) is 0. The molecule has 0 heterocycles. The maximum atomic E-state index is 12.0. The molecular weight excluding hydrogens is 498 g/mol. The van der Waals surface area contributed by atoms with Gasteiger partial charge in [0.15, 0.2) is 16.6 Å². The lowest BCUT2D eigenvalue weighted by Gasteiger charge is -2.14. The minimum Gasteiger partial charge on any atom is -0.493 e. The van der Waals surface area contributed by atoms with Crippen LogP contribution in [0, 0.1) is 3.57 Å². The highest BCUT2D eigenvalue weighted by Crippen LogP contribution is 2.35. The van der Waals surface area contributed by atoms with Gasteiger partial charge < -0.3 is 15.2 Å². The van der Waals surface area contributed by atoms with Gasteiger partial charge >= 0.3 is 0 Å². The first-order chi connectivity index (χ1) is 11.8. The van der Waals surface area contributed by atoms with E-state index in [9.17, 15) is 4.79 Å². The fourth-order valence-electron chi connectivity index (χ4n) is 1.96. The van der Waals surface area contributed by atoms with Crippen LogP contribution in [-0.2, 0) is 6.61 Å². The smallest absolute Gasteiger partial charge is 0.257 e. The molecule has 0 saturated carbocycles. The maximum absolute atomic E-state index is 12.0. The highest BCUT2D eigenvalue weighted by Gasteiger charge is 2.16. The summed E-state index contributed by atoms with van der Waals surface area (Å²) in [5.41, 5.74) is 6.53. The molecule has 0 saturated heterocycles. The van der Waals surface area contributed by atoms with Crippen LogP contribution in [0.5, 0.6) is 11.5 Å². The van der Waals surface area contributed by atoms with E-state index in [4.69, 9.17) is 38.4 Å². The Balaban J connectivity index is 2.23. The molecule has 5 nitrogen and oxygen atoms in total. The number of hydrogen-bond donors (Lipinski definition) is 2. The molecule has 0 fully saturated rings. The van der Waals surface area contributed by atoms with Crippen molar-refractivity contribution in [2.24, 2.45) is 5.73 Å². The van der Waals surface area contributed by atoms with Crippen molar-refractivity contribution in [3.05, 3.63) is 55.1 Å². The minimum absolute atomic E-state index is 0.0982. The number of amides is 1. The number of carbonyl (C=O) groups is 1. The molecule has 2 aromatic carbocycles. The van der Waals surface area contributed by atoms with Gasteiger partial charge in [0.25, 0.3) is 5.91 Å². The lowest BCUT2D eigenvalue weighted by atomic mass is 10.2. The van der Waals surface area contributed by atoms with Gasteiger partial charge in [-0.3, -0.25) is 10.1 Å². The molecule has 0 aliphatic heterocycles. The van der Waals surface area contributed by atoms with E-state index in [1.807, 2.05) is 6.07 Å². The zero-order chi connectivity index (χ0) is 18.6. The summed E-state index contributed by atoms with van der Waals surface area (Å²) in [4.78, 5) is 12.0. The number of nitrogens with two attached hydrogens (primary N) is 1. The molecule has 0 atom stereocenters. The lowest BCUT2D eigenvalue weighted by Crippen LogP contribution is -2.34. The Hall–Kier alpha value is -1.29. The standard InChI is InChI=1S/C16H13Cl2IN2O3S/c1-23-13-6-9(15(22)21-16(20)25)5-12(19)14(13)24-7-8-2-3-10(17)11(18)4-8/h2-6H,7H2,1H3,(H3,20,21,22,25). The molecule has 0 aliphatic carbocycles. The van der Waals surface area contributed by atoms with Gasteiger partial charge in [0.1, 0.15) is 6.61 Å². The summed E-state index contributed by atoms with van der Waals surface area (Å²) < 4.78 is 11.9. The second-order valence-electron chi connectivity index (χ2n) is 4.84. The number of thiocarbonyl (C=S) groups is 1. The summed E-state index contributed by atoms with van der Waals surface area (Å²) >= 11 is 18.6. The lowest BCUT2D eigenvalue weighted by molar-refractivity contribution is 0.0977. The molecule has 0 spiro atoms. The SMILES string of the molecule is COc1cc(C(=O)NC(N)=S)cc(I)c1OCc1ccc(Cl)c(Cl)c1. The number of carbonyl (C=O) groups excluding carboxylic acids is 1. The first-order valence-electron chi connectivity index (χ1n) is 6.87. The zero-order valence-corrected chi connectivity index (χ0v) is 17.4. The summed E-state index contributed by atoms with van der Waals surface area (Å²) in [5.74, 6) is 0.515. The van der Waals surface area contributed by atoms with Gasteiger partial charge in [-0.1, -0.05) is 29.3 Å². The fourth-order valence-corrected chi connectivity index (χ4v) is 3.13. The van der Waals surface area contributed by atoms with Gasteiger partial charge in [0.2, 0.25) is 0 Å². The molecule has 2 rings (SSSR count). The molecule has 3 N–H and O–H groups in total. The van der Waals surface area contributed by atoms with Gasteiger partial charge in [0.05, 0.1) is 20.7 Å². The number of nitrogens with one attached hydrogen (secondary N) is 1. The van der Waals surface area contributed by atoms with E-state index < -0.39 is 5.91 Å². The van der Waals surface area contributed by atoms with E-state index in [2.05, 4.69) is 40.1 Å². The van der Waals surface area contributed by atoms with Crippen molar-refractivity contribution in [2.75, 3.05) is 7.11 Å². The van der Waals surface area contributed by atoms with Crippen molar-refractivity contribution < 1.29 is 14.3 Å². The summed E-state index contributed by atoms with van der Waals surface area (Å²) in [5, 5.41) is 3.20. The van der Waals surface area contributed by atoms with Gasteiger partial charge in [0, 0.05) is 5.56 Å². The van der Waals surface area contributed by atoms with Gasteiger partial charge in [-0.15, -0.1) is 0 Å². The average Bonchev–Trinajstić information content (AvgIpc) is 2.55. The molecule has 0 aliphatic rings. The number of rotatable bonds is 5. The van der Waals surface area contributed by atoms with Crippen molar-refractivity contribution in [1.82, 2.24) is 5.32 Å². The van der Waals surface area contributed by atoms with Gasteiger partial charge in [-0.25, -0.2) is 0 Å². The van der Waals surface area contributed by atoms with E-state index in [1.54, 1.807) is 24.3 Å². The third-order valence-electron chi connectivity index (χ3n) is 3.10. The Morgan fingerprint density at radius 1 is 1.28 bits per heavy atom. The Morgan fingerprint density at radius 3 is 2.60 bits per heavy atom. The molecule has 0 aromatic heterocycles. The molecule has 25 heavy (non-hydrogen) atoms. The van der Waals surface area contributed by atoms with Crippen LogP contribution in [0.4, 0.5) is 0 Å². The van der Waals surface area contributed by atoms with Crippen LogP contribution in [0.1, 0.15) is 15.9 Å². The molecule has 0 radical (unpaired) electrons. The van der Waals surface area contributed by atoms with Gasteiger partial charge in [-0.05, 0) is 64.6 Å². The van der Waals surface area contributed by atoms with Gasteiger partial charge in [-0.2, -0.15) is 0 Å². The van der Waals surface area contributed by atoms with Crippen molar-refractivity contribution in [3.63, 3.8) is 0 Å². The van der Waals surface area contributed by atoms with Crippen molar-refractivity contribution in [1.29, 1.82) is 0 Å². The van der Waals surface area contributed by atoms with Crippen LogP contribution in [0.15, 0.2) is 30.3 Å². The normalized spacial score (nSPS) is 10.2. The quantitative estimate of drug-likeness (QED) is 0.466. The Bertz CT molecular complexity index is 833. The van der Waals surface area contributed by atoms with E-state index in [-0.39, 0.29) is 11.7 Å². The second-order valence-corrected chi connectivity index (χ2v) is 7.26. The summed E-state index contributed by atoms with van der Waals surface area (Å²) in [7, 11) is 1.49. The third-order valence-corrected chi connectivity index (χ3v) is 4.74. The number of benzene rings is 2. The second kappa shape index (κ2) is 8.88. The highest BCUT2D eigenvalue weighted by atomic mass is 127. The number of methoxy groups -OCH3 is 1. The Labute approximate surface area is 173 Å². The summed E-state index contributed by atoms with van der Waals surface area (Å²) in [6, 6.07) is 8.46. The number of ether oxygens (including phenoxy) is 2. The summed E-state index contributed by atoms with van der Waals surface area (Å²) in [6.45, 7) is 0.266. The monoisotopic (exact) mass is 510 g/mol. The molecular formula is C16H13Cl2IN2O3S. The number of hydrogen-bond acceptors (Lipinski definition) is 4. The molecule has 9 heteroatoms. The van der Waals surface area contributed by atoms with E-state index in [0.29, 0.717) is 30.7 Å². The highest BCUT2D eigenvalue weighted by molar-refractivity contribution is 14.1. The maximum Gasteiger partial charge on any atom is 0.257 e. The van der Waals surface area contributed by atoms with Crippen LogP contribution in [-0.4, -0.2) is 18.1 Å². The molecule has 0 bridgehead atoms. The number of halogens is 3. The predicted molar refractivity (Wildman–Crippen MR) is 111 cm³/mol. The zero-order valence-electron chi connectivity index (χ0n) is 12.9. The average molecular weight is 511 g/mol. The van der Waals surface area contributed by atoms with E-state index >= 15 is 0 Å². The molecule has 2 aromatic rings. The van der Waals surface area contributed by atoms with Crippen molar-refractivity contribution >= 4 is 69.0 Å². The van der Waals surface area contributed by atoms with Crippen molar-refractivity contribution in [3.8, 4) is 11.5 Å². The van der Waals surface area contributed by atoms with Crippen LogP contribution in [0.2, 0.25) is 10.0 Å². The van der Waals surface area contributed by atoms with Crippen LogP contribution in [0.3, 0.4) is 0 Å². The first kappa shape index (κ1) is 20.0. The van der Waals surface area contributed by atoms with E-state index in [1.165, 1.54) is 7.11 Å². The molecule has 0 unspecified atom stereocenters. The largest absolute Gasteiger partial charge is 0.493 e.